The average molecular weight is 448 g/mol. The maximum atomic E-state index is 12.4. The highest BCUT2D eigenvalue weighted by atomic mass is 32.1. The molecule has 0 saturated heterocycles. The Morgan fingerprint density at radius 2 is 1.77 bits per heavy atom. The molecule has 0 spiro atoms. The SMILES string of the molecule is COC(=O)c1c(NC(=O)CCCOc2ccc(OC)cc2)sc2c1[C@H](C(=O)OC)CC2. The van der Waals surface area contributed by atoms with Gasteiger partial charge in [-0.2, -0.15) is 0 Å². The number of hydrogen-bond donors (Lipinski definition) is 1. The van der Waals surface area contributed by atoms with Crippen LogP contribution in [0.2, 0.25) is 0 Å². The molecule has 0 fully saturated rings. The molecule has 0 saturated carbocycles. The lowest BCUT2D eigenvalue weighted by Crippen LogP contribution is -2.18. The molecule has 1 heterocycles. The summed E-state index contributed by atoms with van der Waals surface area (Å²) in [5, 5.41) is 3.21. The molecule has 31 heavy (non-hydrogen) atoms. The molecule has 0 aliphatic heterocycles. The summed E-state index contributed by atoms with van der Waals surface area (Å²) in [6, 6.07) is 7.20. The minimum Gasteiger partial charge on any atom is -0.497 e. The summed E-state index contributed by atoms with van der Waals surface area (Å²) in [5.41, 5.74) is 0.861. The van der Waals surface area contributed by atoms with Crippen molar-refractivity contribution < 1.29 is 33.3 Å². The smallest absolute Gasteiger partial charge is 0.341 e. The van der Waals surface area contributed by atoms with E-state index in [1.807, 2.05) is 0 Å². The van der Waals surface area contributed by atoms with Crippen LogP contribution in [0.4, 0.5) is 5.00 Å². The standard InChI is InChI=1S/C22H25NO7S/c1-27-13-6-8-14(9-7-13)30-12-4-5-17(24)23-20-19(22(26)29-3)18-15(21(25)28-2)10-11-16(18)31-20/h6-9,15H,4-5,10-12H2,1-3H3,(H,23,24)/t15-/m1/s1. The second-order valence-electron chi connectivity index (χ2n) is 6.92. The van der Waals surface area contributed by atoms with Crippen molar-refractivity contribution in [3.63, 3.8) is 0 Å². The van der Waals surface area contributed by atoms with Crippen molar-refractivity contribution in [2.24, 2.45) is 0 Å². The number of aryl methyl sites for hydroxylation is 1. The van der Waals surface area contributed by atoms with Crippen molar-refractivity contribution in [2.75, 3.05) is 33.3 Å². The number of esters is 2. The first-order chi connectivity index (χ1) is 15.0. The number of methoxy groups -OCH3 is 3. The molecule has 1 aliphatic rings. The van der Waals surface area contributed by atoms with E-state index in [1.165, 1.54) is 25.6 Å². The third-order valence-electron chi connectivity index (χ3n) is 5.04. The van der Waals surface area contributed by atoms with Crippen molar-refractivity contribution in [1.29, 1.82) is 0 Å². The molecule has 1 aliphatic carbocycles. The van der Waals surface area contributed by atoms with Gasteiger partial charge in [-0.3, -0.25) is 9.59 Å². The molecule has 0 radical (unpaired) electrons. The Hall–Kier alpha value is -3.07. The van der Waals surface area contributed by atoms with Crippen LogP contribution >= 0.6 is 11.3 Å². The van der Waals surface area contributed by atoms with Gasteiger partial charge < -0.3 is 24.3 Å². The quantitative estimate of drug-likeness (QED) is 0.463. The summed E-state index contributed by atoms with van der Waals surface area (Å²) < 4.78 is 20.5. The Bertz CT molecular complexity index is 952. The molecule has 1 amide bonds. The number of fused-ring (bicyclic) bond motifs is 1. The fourth-order valence-electron chi connectivity index (χ4n) is 3.52. The van der Waals surface area contributed by atoms with Crippen molar-refractivity contribution in [3.8, 4) is 11.5 Å². The molecule has 1 aromatic heterocycles. The molecule has 166 valence electrons. The van der Waals surface area contributed by atoms with Crippen LogP contribution in [0.25, 0.3) is 0 Å². The fraction of sp³-hybridized carbons (Fsp3) is 0.409. The van der Waals surface area contributed by atoms with Crippen molar-refractivity contribution in [1.82, 2.24) is 0 Å². The molecule has 9 heteroatoms. The van der Waals surface area contributed by atoms with Gasteiger partial charge in [0.05, 0.1) is 39.4 Å². The van der Waals surface area contributed by atoms with Crippen LogP contribution in [0, 0.1) is 0 Å². The van der Waals surface area contributed by atoms with E-state index in [-0.39, 0.29) is 17.9 Å². The number of benzene rings is 1. The zero-order valence-electron chi connectivity index (χ0n) is 17.7. The summed E-state index contributed by atoms with van der Waals surface area (Å²) in [6.07, 6.45) is 1.95. The van der Waals surface area contributed by atoms with E-state index in [9.17, 15) is 14.4 Å². The zero-order chi connectivity index (χ0) is 22.4. The van der Waals surface area contributed by atoms with Crippen LogP contribution in [0.5, 0.6) is 11.5 Å². The van der Waals surface area contributed by atoms with E-state index < -0.39 is 17.9 Å². The largest absolute Gasteiger partial charge is 0.497 e. The zero-order valence-corrected chi connectivity index (χ0v) is 18.5. The fourth-order valence-corrected chi connectivity index (χ4v) is 4.80. The molecule has 1 atom stereocenters. The van der Waals surface area contributed by atoms with E-state index in [1.54, 1.807) is 31.4 Å². The summed E-state index contributed by atoms with van der Waals surface area (Å²) in [5.74, 6) is -0.295. The first-order valence-corrected chi connectivity index (χ1v) is 10.7. The van der Waals surface area contributed by atoms with Gasteiger partial charge in [0.1, 0.15) is 16.5 Å². The maximum absolute atomic E-state index is 12.4. The predicted octanol–water partition coefficient (Wildman–Crippen LogP) is 3.54. The molecule has 0 unspecified atom stereocenters. The molecule has 1 N–H and O–H groups in total. The highest BCUT2D eigenvalue weighted by Gasteiger charge is 2.38. The normalized spacial score (nSPS) is 14.5. The minimum atomic E-state index is -0.577. The van der Waals surface area contributed by atoms with Gasteiger partial charge in [-0.25, -0.2) is 4.79 Å². The summed E-state index contributed by atoms with van der Waals surface area (Å²) >= 11 is 1.31. The molecule has 0 bridgehead atoms. The van der Waals surface area contributed by atoms with E-state index in [2.05, 4.69) is 5.32 Å². The van der Waals surface area contributed by atoms with Gasteiger partial charge in [0.2, 0.25) is 5.91 Å². The van der Waals surface area contributed by atoms with E-state index in [0.717, 1.165) is 10.6 Å². The van der Waals surface area contributed by atoms with E-state index >= 15 is 0 Å². The van der Waals surface area contributed by atoms with Crippen LogP contribution in [0.15, 0.2) is 24.3 Å². The van der Waals surface area contributed by atoms with Gasteiger partial charge in [0, 0.05) is 11.3 Å². The lowest BCUT2D eigenvalue weighted by Gasteiger charge is -2.12. The minimum absolute atomic E-state index is 0.222. The Morgan fingerprint density at radius 3 is 2.42 bits per heavy atom. The highest BCUT2D eigenvalue weighted by Crippen LogP contribution is 2.45. The van der Waals surface area contributed by atoms with Gasteiger partial charge in [0.25, 0.3) is 0 Å². The third kappa shape index (κ3) is 5.16. The van der Waals surface area contributed by atoms with Gasteiger partial charge in [0.15, 0.2) is 0 Å². The summed E-state index contributed by atoms with van der Waals surface area (Å²) in [6.45, 7) is 0.370. The highest BCUT2D eigenvalue weighted by molar-refractivity contribution is 7.17. The number of carbonyl (C=O) groups excluding carboxylic acids is 3. The number of hydrogen-bond acceptors (Lipinski definition) is 8. The Labute approximate surface area is 184 Å². The van der Waals surface area contributed by atoms with Crippen molar-refractivity contribution in [3.05, 3.63) is 40.3 Å². The Morgan fingerprint density at radius 1 is 1.06 bits per heavy atom. The number of amides is 1. The monoisotopic (exact) mass is 447 g/mol. The average Bonchev–Trinajstić information content (AvgIpc) is 3.34. The maximum Gasteiger partial charge on any atom is 0.341 e. The topological polar surface area (TPSA) is 100 Å². The number of anilines is 1. The summed E-state index contributed by atoms with van der Waals surface area (Å²) in [7, 11) is 4.19. The van der Waals surface area contributed by atoms with Crippen LogP contribution < -0.4 is 14.8 Å². The summed E-state index contributed by atoms with van der Waals surface area (Å²) in [4.78, 5) is 37.9. The lowest BCUT2D eigenvalue weighted by atomic mass is 9.99. The van der Waals surface area contributed by atoms with Crippen LogP contribution in [0.1, 0.15) is 46.0 Å². The van der Waals surface area contributed by atoms with E-state index in [4.69, 9.17) is 18.9 Å². The van der Waals surface area contributed by atoms with Gasteiger partial charge in [-0.1, -0.05) is 0 Å². The third-order valence-corrected chi connectivity index (χ3v) is 6.22. The van der Waals surface area contributed by atoms with Crippen LogP contribution in [0.3, 0.4) is 0 Å². The second kappa shape index (κ2) is 10.3. The van der Waals surface area contributed by atoms with Crippen molar-refractivity contribution >= 4 is 34.2 Å². The Kier molecular flexibility index (Phi) is 7.51. The molecular formula is C22H25NO7S. The predicted molar refractivity (Wildman–Crippen MR) is 115 cm³/mol. The number of thiophene rings is 1. The van der Waals surface area contributed by atoms with Gasteiger partial charge in [-0.15, -0.1) is 11.3 Å². The molecule has 2 aromatic rings. The Balaban J connectivity index is 1.60. The number of nitrogens with one attached hydrogen (secondary N) is 1. The lowest BCUT2D eigenvalue weighted by molar-refractivity contribution is -0.142. The molecule has 1 aromatic carbocycles. The number of ether oxygens (including phenoxy) is 4. The second-order valence-corrected chi connectivity index (χ2v) is 8.03. The van der Waals surface area contributed by atoms with E-state index in [0.29, 0.717) is 42.2 Å². The molecular weight excluding hydrogens is 422 g/mol. The molecule has 3 rings (SSSR count). The number of carbonyl (C=O) groups is 3. The number of rotatable bonds is 9. The van der Waals surface area contributed by atoms with Gasteiger partial charge >= 0.3 is 11.9 Å². The van der Waals surface area contributed by atoms with Crippen LogP contribution in [-0.2, 0) is 25.5 Å². The first kappa shape index (κ1) is 22.6. The van der Waals surface area contributed by atoms with Crippen molar-refractivity contribution in [2.45, 2.75) is 31.6 Å². The first-order valence-electron chi connectivity index (χ1n) is 9.86. The van der Waals surface area contributed by atoms with Gasteiger partial charge in [-0.05, 0) is 49.1 Å². The molecule has 8 nitrogen and oxygen atoms in total. The van der Waals surface area contributed by atoms with Crippen LogP contribution in [-0.4, -0.2) is 45.8 Å².